The summed E-state index contributed by atoms with van der Waals surface area (Å²) in [4.78, 5) is 34.4. The molecule has 4 aromatic rings. The fraction of sp³-hybridized carbons (Fsp3) is 0.355. The molecule has 2 aromatic carbocycles. The number of ether oxygens (including phenoxy) is 3. The second-order valence-corrected chi connectivity index (χ2v) is 11.0. The summed E-state index contributed by atoms with van der Waals surface area (Å²) in [6, 6.07) is 17.8. The molecule has 218 valence electrons. The number of carbonyl (C=O) groups excluding carboxylic acids is 1. The van der Waals surface area contributed by atoms with Gasteiger partial charge in [0.05, 0.1) is 35.7 Å². The van der Waals surface area contributed by atoms with E-state index < -0.39 is 11.7 Å². The molecular weight excluding hydrogens is 539 g/mol. The van der Waals surface area contributed by atoms with E-state index >= 15 is 0 Å². The summed E-state index contributed by atoms with van der Waals surface area (Å²) < 4.78 is 31.8. The van der Waals surface area contributed by atoms with Crippen LogP contribution in [0.4, 0.5) is 4.39 Å². The molecule has 2 saturated heterocycles. The van der Waals surface area contributed by atoms with Gasteiger partial charge >= 0.3 is 6.01 Å². The average Bonchev–Trinajstić information content (AvgIpc) is 3.47. The van der Waals surface area contributed by atoms with Crippen molar-refractivity contribution in [1.82, 2.24) is 29.7 Å². The van der Waals surface area contributed by atoms with Crippen molar-refractivity contribution in [3.63, 3.8) is 0 Å². The molecule has 0 bridgehead atoms. The maximum absolute atomic E-state index is 13.8. The molecule has 6 rings (SSSR count). The molecule has 0 atom stereocenters. The topological polar surface area (TPSA) is 106 Å². The van der Waals surface area contributed by atoms with Crippen LogP contribution < -0.4 is 4.74 Å². The Balaban J connectivity index is 1.23. The first-order valence-corrected chi connectivity index (χ1v) is 14.0. The minimum absolute atomic E-state index is 0.0326. The number of rotatable bonds is 7. The third-order valence-corrected chi connectivity index (χ3v) is 7.58. The molecule has 10 nitrogen and oxygen atoms in total. The number of benzene rings is 2. The molecule has 0 spiro atoms. The minimum Gasteiger partial charge on any atom is -0.459 e. The zero-order valence-electron chi connectivity index (χ0n) is 23.6. The fourth-order valence-electron chi connectivity index (χ4n) is 5.06. The summed E-state index contributed by atoms with van der Waals surface area (Å²) in [5.41, 5.74) is 2.55. The quantitative estimate of drug-likeness (QED) is 0.353. The second-order valence-electron chi connectivity index (χ2n) is 11.0. The number of piperazine rings is 1. The van der Waals surface area contributed by atoms with E-state index in [1.54, 1.807) is 24.4 Å². The van der Waals surface area contributed by atoms with Crippen molar-refractivity contribution >= 4 is 5.91 Å². The molecule has 0 unspecified atom stereocenters. The Morgan fingerprint density at radius 3 is 2.45 bits per heavy atom. The van der Waals surface area contributed by atoms with Crippen LogP contribution in [0.2, 0.25) is 0 Å². The van der Waals surface area contributed by atoms with Crippen LogP contribution in [0.1, 0.15) is 24.6 Å². The lowest BCUT2D eigenvalue weighted by molar-refractivity contribution is -0.234. The molecule has 2 fully saturated rings. The lowest BCUT2D eigenvalue weighted by atomic mass is 9.90. The molecule has 0 saturated carbocycles. The van der Waals surface area contributed by atoms with Gasteiger partial charge in [-0.2, -0.15) is 4.98 Å². The number of aromatic nitrogens is 4. The Bertz CT molecular complexity index is 1510. The highest BCUT2D eigenvalue weighted by Crippen LogP contribution is 2.36. The lowest BCUT2D eigenvalue weighted by Gasteiger charge is -2.41. The molecule has 11 heteroatoms. The third kappa shape index (κ3) is 6.03. The van der Waals surface area contributed by atoms with E-state index in [0.29, 0.717) is 48.2 Å². The van der Waals surface area contributed by atoms with Crippen molar-refractivity contribution in [2.75, 3.05) is 46.4 Å². The van der Waals surface area contributed by atoms with E-state index in [1.165, 1.54) is 12.1 Å². The maximum Gasteiger partial charge on any atom is 0.317 e. The highest BCUT2D eigenvalue weighted by atomic mass is 19.1. The van der Waals surface area contributed by atoms with E-state index in [1.807, 2.05) is 42.2 Å². The van der Waals surface area contributed by atoms with Crippen LogP contribution in [0.25, 0.3) is 22.6 Å². The number of nitrogens with one attached hydrogen (secondary N) is 1. The van der Waals surface area contributed by atoms with Gasteiger partial charge in [0.25, 0.3) is 0 Å². The number of likely N-dealkylation sites (N-methyl/N-ethyl adjacent to an activating group) is 1. The molecule has 42 heavy (non-hydrogen) atoms. The van der Waals surface area contributed by atoms with E-state index in [2.05, 4.69) is 26.9 Å². The zero-order chi connectivity index (χ0) is 29.1. The predicted octanol–water partition coefficient (Wildman–Crippen LogP) is 4.08. The van der Waals surface area contributed by atoms with Gasteiger partial charge in [0.15, 0.2) is 5.82 Å². The summed E-state index contributed by atoms with van der Waals surface area (Å²) >= 11 is 0. The van der Waals surface area contributed by atoms with Gasteiger partial charge in [-0.25, -0.2) is 14.4 Å². The van der Waals surface area contributed by atoms with Gasteiger partial charge in [0.1, 0.15) is 12.4 Å². The Labute approximate surface area is 243 Å². The summed E-state index contributed by atoms with van der Waals surface area (Å²) in [5.74, 6) is 0.104. The van der Waals surface area contributed by atoms with Crippen molar-refractivity contribution in [2.24, 2.45) is 5.41 Å². The Hall–Kier alpha value is -4.19. The van der Waals surface area contributed by atoms with Crippen LogP contribution in [-0.4, -0.2) is 82.1 Å². The first-order valence-electron chi connectivity index (χ1n) is 14.0. The van der Waals surface area contributed by atoms with Crippen LogP contribution in [-0.2, 0) is 20.9 Å². The van der Waals surface area contributed by atoms with Gasteiger partial charge < -0.3 is 29.0 Å². The van der Waals surface area contributed by atoms with E-state index in [0.717, 1.165) is 18.7 Å². The van der Waals surface area contributed by atoms with Crippen LogP contribution in [0, 0.1) is 11.2 Å². The van der Waals surface area contributed by atoms with Crippen LogP contribution in [0.3, 0.4) is 0 Å². The minimum atomic E-state index is -0.818. The molecule has 2 aromatic heterocycles. The maximum atomic E-state index is 13.8. The smallest absolute Gasteiger partial charge is 0.317 e. The summed E-state index contributed by atoms with van der Waals surface area (Å²) in [6.45, 7) is 5.63. The average molecular weight is 573 g/mol. The lowest BCUT2D eigenvalue weighted by Crippen LogP contribution is -2.55. The van der Waals surface area contributed by atoms with Crippen molar-refractivity contribution in [3.8, 4) is 28.7 Å². The molecule has 0 radical (unpaired) electrons. The number of imidazole rings is 1. The largest absolute Gasteiger partial charge is 0.459 e. The highest BCUT2D eigenvalue weighted by Gasteiger charge is 2.43. The van der Waals surface area contributed by atoms with Gasteiger partial charge in [-0.1, -0.05) is 30.3 Å². The summed E-state index contributed by atoms with van der Waals surface area (Å²) in [5, 5.41) is 0. The number of nitrogens with zero attached hydrogens (tertiary/aromatic N) is 5. The van der Waals surface area contributed by atoms with Gasteiger partial charge in [-0.05, 0) is 49.9 Å². The predicted molar refractivity (Wildman–Crippen MR) is 153 cm³/mol. The molecular formula is C31H33FN6O4. The van der Waals surface area contributed by atoms with Gasteiger partial charge in [0, 0.05) is 37.9 Å². The first kappa shape index (κ1) is 28.0. The van der Waals surface area contributed by atoms with Crippen LogP contribution in [0.15, 0.2) is 66.9 Å². The van der Waals surface area contributed by atoms with Gasteiger partial charge in [-0.3, -0.25) is 4.79 Å². The first-order chi connectivity index (χ1) is 20.4. The van der Waals surface area contributed by atoms with Crippen molar-refractivity contribution in [2.45, 2.75) is 19.8 Å². The Morgan fingerprint density at radius 2 is 1.74 bits per heavy atom. The van der Waals surface area contributed by atoms with Gasteiger partial charge in [0.2, 0.25) is 12.2 Å². The molecule has 0 aliphatic carbocycles. The number of carbonyl (C=O) groups is 1. The van der Waals surface area contributed by atoms with Crippen LogP contribution >= 0.6 is 0 Å². The Kier molecular flexibility index (Phi) is 7.96. The van der Waals surface area contributed by atoms with Crippen molar-refractivity contribution < 1.29 is 23.4 Å². The number of H-pyrrole nitrogens is 1. The number of aromatic amines is 1. The Morgan fingerprint density at radius 1 is 1.02 bits per heavy atom. The standard InChI is InChI=1S/C31H33FN6O4/c1-31(29(39)38-16-14-37(2)15-17-38)19-41-28(42-20-31)27-35-25(22-8-10-23(32)11-9-22)26(36-27)24-12-13-33-30(34-24)40-18-21-6-4-3-5-7-21/h3-13,28H,14-20H2,1-2H3,(H,35,36). The van der Waals surface area contributed by atoms with E-state index in [4.69, 9.17) is 19.2 Å². The van der Waals surface area contributed by atoms with E-state index in [-0.39, 0.29) is 30.9 Å². The molecule has 1 amide bonds. The fourth-order valence-corrected chi connectivity index (χ4v) is 5.06. The van der Waals surface area contributed by atoms with E-state index in [9.17, 15) is 9.18 Å². The third-order valence-electron chi connectivity index (χ3n) is 7.58. The van der Waals surface area contributed by atoms with Crippen molar-refractivity contribution in [3.05, 3.63) is 84.1 Å². The summed E-state index contributed by atoms with van der Waals surface area (Å²) in [7, 11) is 2.05. The molecule has 2 aliphatic heterocycles. The molecule has 4 heterocycles. The monoisotopic (exact) mass is 572 g/mol. The SMILES string of the molecule is CN1CCN(C(=O)C2(C)COC(c3nc(-c4ccc(F)cc4)c(-c4ccnc(OCc5ccccc5)n4)[nH]3)OC2)CC1. The highest BCUT2D eigenvalue weighted by molar-refractivity contribution is 5.83. The number of hydrogen-bond donors (Lipinski definition) is 1. The van der Waals surface area contributed by atoms with Crippen molar-refractivity contribution in [1.29, 1.82) is 0 Å². The summed E-state index contributed by atoms with van der Waals surface area (Å²) in [6.07, 6.45) is 0.794. The molecule has 2 aliphatic rings. The normalized spacial score (nSPS) is 21.3. The van der Waals surface area contributed by atoms with Crippen LogP contribution in [0.5, 0.6) is 6.01 Å². The number of amides is 1. The van der Waals surface area contributed by atoms with Gasteiger partial charge in [-0.15, -0.1) is 0 Å². The number of halogens is 1. The molecule has 1 N–H and O–H groups in total. The number of hydrogen-bond acceptors (Lipinski definition) is 8. The zero-order valence-corrected chi connectivity index (χ0v) is 23.6. The second kappa shape index (κ2) is 12.0.